The molecule has 0 spiro atoms. The molecule has 9 heteroatoms. The second-order valence-electron chi connectivity index (χ2n) is 6.72. The number of β-amino-alcohol motifs (C(OH)–C–C–N with tert-alkyl or cyclic N) is 1. The third-order valence-electron chi connectivity index (χ3n) is 4.72. The summed E-state index contributed by atoms with van der Waals surface area (Å²) in [5.74, 6) is -0.0348. The summed E-state index contributed by atoms with van der Waals surface area (Å²) in [5.41, 5.74) is 0.932. The summed E-state index contributed by atoms with van der Waals surface area (Å²) >= 11 is 0. The molecule has 3 aromatic rings. The van der Waals surface area contributed by atoms with Crippen LogP contribution in [0.3, 0.4) is 0 Å². The molecule has 1 aromatic heterocycles. The fourth-order valence-corrected chi connectivity index (χ4v) is 4.46. The zero-order valence-corrected chi connectivity index (χ0v) is 16.4. The van der Waals surface area contributed by atoms with Crippen molar-refractivity contribution in [3.63, 3.8) is 0 Å². The molecule has 4 rings (SSSR count). The Hall–Kier alpha value is -3.17. The van der Waals surface area contributed by atoms with E-state index in [1.54, 1.807) is 24.3 Å². The first-order valence-corrected chi connectivity index (χ1v) is 10.4. The van der Waals surface area contributed by atoms with Gasteiger partial charge in [0, 0.05) is 30.7 Å². The molecule has 2 N–H and O–H groups in total. The molecule has 1 aliphatic rings. The van der Waals surface area contributed by atoms with Crippen molar-refractivity contribution in [3.05, 3.63) is 60.3 Å². The number of benzene rings is 2. The summed E-state index contributed by atoms with van der Waals surface area (Å²) < 4.78 is 33.7. The zero-order chi connectivity index (χ0) is 20.6. The number of fused-ring (bicyclic) bond motifs is 1. The van der Waals surface area contributed by atoms with Crippen LogP contribution in [-0.2, 0) is 10.0 Å². The zero-order valence-electron chi connectivity index (χ0n) is 15.6. The molecule has 2 aromatic carbocycles. The van der Waals surface area contributed by atoms with Crippen molar-refractivity contribution in [2.75, 3.05) is 24.9 Å². The summed E-state index contributed by atoms with van der Waals surface area (Å²) in [5, 5.41) is 10.1. The molecule has 0 aliphatic carbocycles. The van der Waals surface area contributed by atoms with Crippen LogP contribution in [-0.4, -0.2) is 55.6 Å². The average Bonchev–Trinajstić information content (AvgIpc) is 2.70. The molecular weight excluding hydrogens is 394 g/mol. The molecule has 1 saturated heterocycles. The maximum atomic E-state index is 12.9. The smallest absolute Gasteiger partial charge is 0.264 e. The topological polar surface area (TPSA) is 109 Å². The number of ether oxygens (including phenoxy) is 1. The predicted molar refractivity (Wildman–Crippen MR) is 107 cm³/mol. The Morgan fingerprint density at radius 3 is 2.69 bits per heavy atom. The van der Waals surface area contributed by atoms with E-state index in [4.69, 9.17) is 4.74 Å². The predicted octanol–water partition coefficient (Wildman–Crippen LogP) is 1.86. The highest BCUT2D eigenvalue weighted by molar-refractivity contribution is 7.93. The second kappa shape index (κ2) is 7.34. The molecule has 29 heavy (non-hydrogen) atoms. The number of aromatic nitrogens is 1. The van der Waals surface area contributed by atoms with Crippen LogP contribution >= 0.6 is 0 Å². The second-order valence-corrected chi connectivity index (χ2v) is 8.37. The lowest BCUT2D eigenvalue weighted by Gasteiger charge is -2.36. The van der Waals surface area contributed by atoms with Crippen LogP contribution in [0.15, 0.2) is 59.6 Å². The largest absolute Gasteiger partial charge is 0.496 e. The Kier molecular flexibility index (Phi) is 4.85. The van der Waals surface area contributed by atoms with Gasteiger partial charge in [-0.1, -0.05) is 18.2 Å². The van der Waals surface area contributed by atoms with Gasteiger partial charge in [0.2, 0.25) is 0 Å². The van der Waals surface area contributed by atoms with Crippen LogP contribution in [0, 0.1) is 0 Å². The molecule has 0 bridgehead atoms. The normalized spacial score (nSPS) is 14.5. The summed E-state index contributed by atoms with van der Waals surface area (Å²) in [6, 6.07) is 12.9. The number of nitrogens with one attached hydrogen (secondary N) is 1. The number of pyridine rings is 1. The number of aliphatic hydroxyl groups excluding tert-OH is 1. The van der Waals surface area contributed by atoms with Gasteiger partial charge in [-0.05, 0) is 24.3 Å². The lowest BCUT2D eigenvalue weighted by Crippen LogP contribution is -2.53. The Labute approximate surface area is 167 Å². The van der Waals surface area contributed by atoms with Crippen LogP contribution < -0.4 is 9.46 Å². The Morgan fingerprint density at radius 1 is 1.21 bits per heavy atom. The number of amides is 1. The lowest BCUT2D eigenvalue weighted by atomic mass is 10.1. The number of para-hydroxylation sites is 1. The highest BCUT2D eigenvalue weighted by Gasteiger charge is 2.31. The third-order valence-corrected chi connectivity index (χ3v) is 6.13. The van der Waals surface area contributed by atoms with E-state index in [0.717, 1.165) is 0 Å². The maximum absolute atomic E-state index is 12.9. The average molecular weight is 413 g/mol. The molecular formula is C20H19N3O5S. The molecule has 0 saturated carbocycles. The SMILES string of the molecule is COc1cc(NS(=O)(=O)c2cccc3cccnc23)ccc1C(=O)N1CC(O)C1. The standard InChI is InChI=1S/C20H19N3O5S/c1-28-17-10-14(7-8-16(17)20(25)23-11-15(24)12-23)22-29(26,27)18-6-2-4-13-5-3-9-21-19(13)18/h2-10,15,22,24H,11-12H2,1H3. The monoisotopic (exact) mass is 413 g/mol. The van der Waals surface area contributed by atoms with Crippen molar-refractivity contribution in [1.29, 1.82) is 0 Å². The van der Waals surface area contributed by atoms with Gasteiger partial charge in [-0.3, -0.25) is 14.5 Å². The van der Waals surface area contributed by atoms with E-state index >= 15 is 0 Å². The molecule has 0 unspecified atom stereocenters. The van der Waals surface area contributed by atoms with Gasteiger partial charge in [-0.2, -0.15) is 0 Å². The van der Waals surface area contributed by atoms with Gasteiger partial charge >= 0.3 is 0 Å². The molecule has 150 valence electrons. The summed E-state index contributed by atoms with van der Waals surface area (Å²) in [7, 11) is -2.50. The number of sulfonamides is 1. The van der Waals surface area contributed by atoms with Crippen LogP contribution in [0.5, 0.6) is 5.75 Å². The van der Waals surface area contributed by atoms with Crippen LogP contribution in [0.1, 0.15) is 10.4 Å². The molecule has 2 heterocycles. The minimum atomic E-state index is -3.91. The van der Waals surface area contributed by atoms with Crippen LogP contribution in [0.4, 0.5) is 5.69 Å². The number of nitrogens with zero attached hydrogens (tertiary/aromatic N) is 2. The van der Waals surface area contributed by atoms with E-state index in [-0.39, 0.29) is 35.3 Å². The first-order chi connectivity index (χ1) is 13.9. The van der Waals surface area contributed by atoms with Gasteiger partial charge < -0.3 is 14.7 Å². The van der Waals surface area contributed by atoms with Crippen molar-refractivity contribution < 1.29 is 23.1 Å². The van der Waals surface area contributed by atoms with E-state index in [2.05, 4.69) is 9.71 Å². The molecule has 0 radical (unpaired) electrons. The Bertz CT molecular complexity index is 1180. The number of likely N-dealkylation sites (tertiary alicyclic amines) is 1. The molecule has 0 atom stereocenters. The van der Waals surface area contributed by atoms with Gasteiger partial charge in [-0.25, -0.2) is 8.42 Å². The Balaban J connectivity index is 1.64. The van der Waals surface area contributed by atoms with E-state index in [9.17, 15) is 18.3 Å². The van der Waals surface area contributed by atoms with E-state index in [0.29, 0.717) is 16.5 Å². The van der Waals surface area contributed by atoms with Gasteiger partial charge in [0.15, 0.2) is 0 Å². The molecule has 1 fully saturated rings. The number of anilines is 1. The molecule has 8 nitrogen and oxygen atoms in total. The maximum Gasteiger partial charge on any atom is 0.264 e. The van der Waals surface area contributed by atoms with Crippen molar-refractivity contribution in [1.82, 2.24) is 9.88 Å². The summed E-state index contributed by atoms with van der Waals surface area (Å²) in [4.78, 5) is 18.2. The fraction of sp³-hybridized carbons (Fsp3) is 0.200. The highest BCUT2D eigenvalue weighted by Crippen LogP contribution is 2.28. The minimum Gasteiger partial charge on any atom is -0.496 e. The minimum absolute atomic E-state index is 0.0595. The number of rotatable bonds is 5. The summed E-state index contributed by atoms with van der Waals surface area (Å²) in [6.45, 7) is 0.537. The quantitative estimate of drug-likeness (QED) is 0.661. The number of aliphatic hydroxyl groups is 1. The van der Waals surface area contributed by atoms with Crippen molar-refractivity contribution in [2.45, 2.75) is 11.0 Å². The van der Waals surface area contributed by atoms with Crippen LogP contribution in [0.2, 0.25) is 0 Å². The lowest BCUT2D eigenvalue weighted by molar-refractivity contribution is 0.00570. The Morgan fingerprint density at radius 2 is 1.97 bits per heavy atom. The highest BCUT2D eigenvalue weighted by atomic mass is 32.2. The number of carbonyl (C=O) groups is 1. The number of hydrogen-bond acceptors (Lipinski definition) is 6. The molecule has 1 aliphatic heterocycles. The molecule has 1 amide bonds. The number of carbonyl (C=O) groups excluding carboxylic acids is 1. The first kappa shape index (κ1) is 19.2. The van der Waals surface area contributed by atoms with Crippen LogP contribution in [0.25, 0.3) is 10.9 Å². The summed E-state index contributed by atoms with van der Waals surface area (Å²) in [6.07, 6.45) is 1.03. The van der Waals surface area contributed by atoms with Gasteiger partial charge in [-0.15, -0.1) is 0 Å². The van der Waals surface area contributed by atoms with Crippen molar-refractivity contribution in [3.8, 4) is 5.75 Å². The van der Waals surface area contributed by atoms with Gasteiger partial charge in [0.1, 0.15) is 10.6 Å². The van der Waals surface area contributed by atoms with E-state index < -0.39 is 16.1 Å². The van der Waals surface area contributed by atoms with E-state index in [1.807, 2.05) is 0 Å². The van der Waals surface area contributed by atoms with Gasteiger partial charge in [0.25, 0.3) is 15.9 Å². The van der Waals surface area contributed by atoms with Gasteiger partial charge in [0.05, 0.1) is 30.0 Å². The third kappa shape index (κ3) is 3.62. The number of methoxy groups -OCH3 is 1. The van der Waals surface area contributed by atoms with Crippen molar-refractivity contribution in [2.24, 2.45) is 0 Å². The first-order valence-electron chi connectivity index (χ1n) is 8.91. The fourth-order valence-electron chi connectivity index (χ4n) is 3.23. The van der Waals surface area contributed by atoms with Crippen molar-refractivity contribution >= 4 is 32.5 Å². The number of hydrogen-bond donors (Lipinski definition) is 2. The van der Waals surface area contributed by atoms with E-state index in [1.165, 1.54) is 42.5 Å².